The number of hydrogen-bond acceptors (Lipinski definition) is 7. The second-order valence-electron chi connectivity index (χ2n) is 5.35. The van der Waals surface area contributed by atoms with E-state index >= 15 is 0 Å². The fourth-order valence-corrected chi connectivity index (χ4v) is 3.22. The molecular weight excluding hydrogens is 423 g/mol. The molecule has 0 saturated heterocycles. The zero-order valence-electron chi connectivity index (χ0n) is 14.6. The number of anilines is 1. The molecule has 1 aromatic carbocycles. The summed E-state index contributed by atoms with van der Waals surface area (Å²) in [5.74, 6) is -1.31. The number of likely N-dealkylation sites (N-methyl/N-ethyl adjacent to an activating group) is 1. The van der Waals surface area contributed by atoms with Gasteiger partial charge in [0, 0.05) is 0 Å². The average Bonchev–Trinajstić information content (AvgIpc) is 2.54. The van der Waals surface area contributed by atoms with Crippen LogP contribution in [0.3, 0.4) is 0 Å². The summed E-state index contributed by atoms with van der Waals surface area (Å²) >= 11 is -1.85. The van der Waals surface area contributed by atoms with Crippen molar-refractivity contribution in [2.45, 2.75) is 13.8 Å². The molecule has 142 valence electrons. The number of nitrogens with one attached hydrogen (secondary N) is 1. The van der Waals surface area contributed by atoms with Gasteiger partial charge in [-0.05, 0) is 13.8 Å². The van der Waals surface area contributed by atoms with Gasteiger partial charge >= 0.3 is 137 Å². The van der Waals surface area contributed by atoms with E-state index in [0.717, 1.165) is 11.8 Å². The molecule has 0 aliphatic rings. The topological polar surface area (TPSA) is 135 Å². The molecule has 0 fully saturated rings. The zero-order valence-corrected chi connectivity index (χ0v) is 17.3. The molecule has 0 unspecified atom stereocenters. The van der Waals surface area contributed by atoms with E-state index in [0.29, 0.717) is 20.9 Å². The van der Waals surface area contributed by atoms with Gasteiger partial charge in [-0.1, -0.05) is 0 Å². The van der Waals surface area contributed by atoms with Gasteiger partial charge < -0.3 is 5.11 Å². The van der Waals surface area contributed by atoms with Gasteiger partial charge in [-0.25, -0.2) is 0 Å². The van der Waals surface area contributed by atoms with E-state index < -0.39 is 21.3 Å². The summed E-state index contributed by atoms with van der Waals surface area (Å²) in [4.78, 5) is 24.3. The molecule has 0 heterocycles. The summed E-state index contributed by atoms with van der Waals surface area (Å²) in [5, 5.41) is 19.8. The molecule has 0 spiro atoms. The third-order valence-electron chi connectivity index (χ3n) is 2.75. The first-order valence-corrected chi connectivity index (χ1v) is 11.0. The minimum absolute atomic E-state index is 0.0145. The molecule has 1 amide bonds. The summed E-state index contributed by atoms with van der Waals surface area (Å²) < 4.78 is 18.8. The third-order valence-corrected chi connectivity index (χ3v) is 5.40. The SMILES string of the molecule is CC(C)=N/N=C(/SCC(=O)Nc1ccc([As](O)O)cc1)N(C)CC(=O)O. The summed E-state index contributed by atoms with van der Waals surface area (Å²) in [6.07, 6.45) is 0. The Kier molecular flexibility index (Phi) is 9.36. The average molecular weight is 444 g/mol. The van der Waals surface area contributed by atoms with Gasteiger partial charge in [0.25, 0.3) is 0 Å². The molecule has 1 rings (SSSR count). The van der Waals surface area contributed by atoms with E-state index in [4.69, 9.17) is 5.11 Å². The molecule has 0 aromatic heterocycles. The van der Waals surface area contributed by atoms with Crippen LogP contribution >= 0.6 is 11.8 Å². The van der Waals surface area contributed by atoms with Crippen LogP contribution in [-0.2, 0) is 9.59 Å². The van der Waals surface area contributed by atoms with Gasteiger partial charge in [-0.2, -0.15) is 0 Å². The van der Waals surface area contributed by atoms with Crippen LogP contribution in [0.1, 0.15) is 13.8 Å². The molecule has 0 saturated carbocycles. The number of benzene rings is 1. The van der Waals surface area contributed by atoms with Crippen LogP contribution in [0.4, 0.5) is 5.69 Å². The minimum Gasteiger partial charge on any atom is -0.480 e. The number of amides is 1. The predicted octanol–water partition coefficient (Wildman–Crippen LogP) is -0.194. The number of carbonyl (C=O) groups is 2. The van der Waals surface area contributed by atoms with E-state index in [1.165, 1.54) is 4.90 Å². The van der Waals surface area contributed by atoms with E-state index in [1.807, 2.05) is 0 Å². The molecule has 26 heavy (non-hydrogen) atoms. The summed E-state index contributed by atoms with van der Waals surface area (Å²) in [6.45, 7) is 3.25. The van der Waals surface area contributed by atoms with Crippen LogP contribution in [0.5, 0.6) is 0 Å². The number of carboxylic acid groups (broad SMARTS) is 1. The van der Waals surface area contributed by atoms with Crippen LogP contribution in [0, 0.1) is 0 Å². The Morgan fingerprint density at radius 1 is 1.19 bits per heavy atom. The van der Waals surface area contributed by atoms with Crippen molar-refractivity contribution in [3.8, 4) is 0 Å². The molecule has 0 aliphatic carbocycles. The summed E-state index contributed by atoms with van der Waals surface area (Å²) in [7, 11) is 1.56. The van der Waals surface area contributed by atoms with E-state index in [1.54, 1.807) is 45.2 Å². The first-order chi connectivity index (χ1) is 12.2. The van der Waals surface area contributed by atoms with Gasteiger partial charge in [0.1, 0.15) is 0 Å². The molecule has 9 nitrogen and oxygen atoms in total. The Hall–Kier alpha value is -1.87. The Morgan fingerprint density at radius 3 is 2.31 bits per heavy atom. The van der Waals surface area contributed by atoms with Crippen molar-refractivity contribution >= 4 is 59.9 Å². The van der Waals surface area contributed by atoms with Crippen LogP contribution in [0.2, 0.25) is 0 Å². The van der Waals surface area contributed by atoms with Crippen molar-refractivity contribution in [2.24, 2.45) is 10.2 Å². The third kappa shape index (κ3) is 8.48. The second-order valence-corrected chi connectivity index (χ2v) is 8.59. The van der Waals surface area contributed by atoms with Crippen LogP contribution in [0.15, 0.2) is 34.5 Å². The summed E-state index contributed by atoms with van der Waals surface area (Å²) in [5.41, 5.74) is 1.22. The maximum atomic E-state index is 12.1. The monoisotopic (exact) mass is 444 g/mol. The second kappa shape index (κ2) is 11.0. The number of amidine groups is 1. The normalized spacial score (nSPS) is 11.2. The van der Waals surface area contributed by atoms with Crippen molar-refractivity contribution in [3.63, 3.8) is 0 Å². The predicted molar refractivity (Wildman–Crippen MR) is 104 cm³/mol. The van der Waals surface area contributed by atoms with Crippen LogP contribution < -0.4 is 9.67 Å². The van der Waals surface area contributed by atoms with Crippen molar-refractivity contribution in [1.82, 2.24) is 4.90 Å². The fraction of sp³-hybridized carbons (Fsp3) is 0.333. The number of nitrogens with zero attached hydrogens (tertiary/aromatic N) is 3. The van der Waals surface area contributed by atoms with E-state index in [9.17, 15) is 17.8 Å². The van der Waals surface area contributed by atoms with Gasteiger partial charge in [0.15, 0.2) is 0 Å². The standard InChI is InChI=1S/C15H21AsN4O5S/c1-10(2)18-19-15(20(3)8-14(22)23)26-9-13(21)17-12-6-4-11(5-7-12)16(24)25/h4-7,24-25H,8-9H2,1-3H3,(H,17,21)(H,22,23)/b19-15+. The molecule has 1 aromatic rings. The maximum absolute atomic E-state index is 12.1. The Labute approximate surface area is 160 Å². The molecule has 0 atom stereocenters. The molecular formula is C15H21AsN4O5S. The molecule has 4 N–H and O–H groups in total. The van der Waals surface area contributed by atoms with Gasteiger partial charge in [0.2, 0.25) is 0 Å². The molecule has 11 heteroatoms. The van der Waals surface area contributed by atoms with E-state index in [-0.39, 0.29) is 18.2 Å². The first kappa shape index (κ1) is 22.2. The Bertz CT molecular complexity index is 690. The van der Waals surface area contributed by atoms with Crippen LogP contribution in [0.25, 0.3) is 0 Å². The first-order valence-electron chi connectivity index (χ1n) is 7.41. The molecule has 0 bridgehead atoms. The van der Waals surface area contributed by atoms with Crippen molar-refractivity contribution in [2.75, 3.05) is 24.7 Å². The van der Waals surface area contributed by atoms with Gasteiger partial charge in [-0.3, -0.25) is 4.79 Å². The van der Waals surface area contributed by atoms with Crippen molar-refractivity contribution in [3.05, 3.63) is 24.3 Å². The number of thioether (sulfide) groups is 1. The summed E-state index contributed by atoms with van der Waals surface area (Å²) in [6, 6.07) is 6.27. The van der Waals surface area contributed by atoms with Gasteiger partial charge in [-0.15, -0.1) is 0 Å². The number of carboxylic acids is 1. The fourth-order valence-electron chi connectivity index (χ4n) is 1.63. The van der Waals surface area contributed by atoms with Gasteiger partial charge in [0.05, 0.1) is 0 Å². The molecule has 0 aliphatic heterocycles. The minimum atomic E-state index is -2.91. The number of hydrogen-bond donors (Lipinski definition) is 4. The Morgan fingerprint density at radius 2 is 1.81 bits per heavy atom. The smallest absolute Gasteiger partial charge is 0.480 e. The molecule has 0 radical (unpaired) electrons. The Balaban J connectivity index is 2.69. The van der Waals surface area contributed by atoms with E-state index in [2.05, 4.69) is 15.5 Å². The number of aliphatic carboxylic acids is 1. The van der Waals surface area contributed by atoms with Crippen molar-refractivity contribution < 1.29 is 22.9 Å². The van der Waals surface area contributed by atoms with Crippen LogP contribution in [-0.4, -0.2) is 75.6 Å². The van der Waals surface area contributed by atoms with Crippen molar-refractivity contribution in [1.29, 1.82) is 0 Å². The quantitative estimate of drug-likeness (QED) is 0.198. The number of rotatable bonds is 7. The zero-order chi connectivity index (χ0) is 19.7. The number of carbonyl (C=O) groups excluding carboxylic acids is 1.